The SMILES string of the molecule is CCCOc1cccnc1NC(=O)Cc1nn[nH]n1. The molecule has 0 aromatic carbocycles. The average molecular weight is 262 g/mol. The summed E-state index contributed by atoms with van der Waals surface area (Å²) in [5.74, 6) is 0.987. The van der Waals surface area contributed by atoms with Gasteiger partial charge in [-0.3, -0.25) is 4.79 Å². The molecule has 0 aliphatic heterocycles. The van der Waals surface area contributed by atoms with E-state index in [0.717, 1.165) is 6.42 Å². The molecule has 0 spiro atoms. The maximum atomic E-state index is 11.8. The quantitative estimate of drug-likeness (QED) is 0.788. The van der Waals surface area contributed by atoms with Gasteiger partial charge in [0, 0.05) is 6.20 Å². The van der Waals surface area contributed by atoms with Gasteiger partial charge in [-0.1, -0.05) is 12.1 Å². The number of hydrogen-bond donors (Lipinski definition) is 2. The van der Waals surface area contributed by atoms with Gasteiger partial charge in [-0.05, 0) is 18.6 Å². The van der Waals surface area contributed by atoms with Crippen LogP contribution in [-0.2, 0) is 11.2 Å². The second-order valence-corrected chi connectivity index (χ2v) is 3.75. The number of tetrazole rings is 1. The number of nitrogens with one attached hydrogen (secondary N) is 2. The Morgan fingerprint density at radius 3 is 3.16 bits per heavy atom. The number of pyridine rings is 1. The predicted octanol–water partition coefficient (Wildman–Crippen LogP) is 0.565. The molecule has 0 radical (unpaired) electrons. The minimum atomic E-state index is -0.276. The van der Waals surface area contributed by atoms with Gasteiger partial charge in [0.05, 0.1) is 13.0 Å². The van der Waals surface area contributed by atoms with Crippen LogP contribution < -0.4 is 10.1 Å². The number of amides is 1. The number of hydrogen-bond acceptors (Lipinski definition) is 6. The average Bonchev–Trinajstić information content (AvgIpc) is 2.90. The number of H-pyrrole nitrogens is 1. The molecule has 2 rings (SSSR count). The fourth-order valence-corrected chi connectivity index (χ4v) is 1.39. The highest BCUT2D eigenvalue weighted by Crippen LogP contribution is 2.20. The van der Waals surface area contributed by atoms with Crippen molar-refractivity contribution < 1.29 is 9.53 Å². The van der Waals surface area contributed by atoms with Gasteiger partial charge in [0.15, 0.2) is 17.4 Å². The number of rotatable bonds is 6. The molecule has 2 aromatic rings. The predicted molar refractivity (Wildman–Crippen MR) is 66.5 cm³/mol. The molecule has 0 aliphatic carbocycles. The summed E-state index contributed by atoms with van der Waals surface area (Å²) in [5, 5.41) is 15.8. The molecular formula is C11H14N6O2. The summed E-state index contributed by atoms with van der Waals surface area (Å²) in [5.41, 5.74) is 0. The Balaban J connectivity index is 1.99. The second-order valence-electron chi connectivity index (χ2n) is 3.75. The van der Waals surface area contributed by atoms with Gasteiger partial charge < -0.3 is 10.1 Å². The Hall–Kier alpha value is -2.51. The van der Waals surface area contributed by atoms with Crippen LogP contribution in [0.15, 0.2) is 18.3 Å². The van der Waals surface area contributed by atoms with Crippen molar-refractivity contribution in [2.75, 3.05) is 11.9 Å². The molecule has 0 atom stereocenters. The molecule has 8 heteroatoms. The first-order chi connectivity index (χ1) is 9.29. The van der Waals surface area contributed by atoms with E-state index in [1.807, 2.05) is 6.92 Å². The number of carbonyl (C=O) groups excluding carboxylic acids is 1. The Kier molecular flexibility index (Phi) is 4.38. The number of aromatic nitrogens is 5. The van der Waals surface area contributed by atoms with Crippen molar-refractivity contribution in [1.82, 2.24) is 25.6 Å². The summed E-state index contributed by atoms with van der Waals surface area (Å²) >= 11 is 0. The zero-order valence-corrected chi connectivity index (χ0v) is 10.5. The minimum absolute atomic E-state index is 0.0281. The van der Waals surface area contributed by atoms with Gasteiger partial charge in [-0.2, -0.15) is 5.21 Å². The number of anilines is 1. The van der Waals surface area contributed by atoms with E-state index in [0.29, 0.717) is 24.0 Å². The standard InChI is InChI=1S/C11H14N6O2/c1-2-6-19-8-4-3-5-12-11(8)13-10(18)7-9-14-16-17-15-9/h3-5H,2,6-7H2,1H3,(H,12,13,18)(H,14,15,16,17). The molecule has 0 bridgehead atoms. The van der Waals surface area contributed by atoms with Gasteiger partial charge in [0.1, 0.15) is 0 Å². The molecule has 2 heterocycles. The van der Waals surface area contributed by atoms with Crippen molar-refractivity contribution in [1.29, 1.82) is 0 Å². The molecule has 0 saturated carbocycles. The number of carbonyl (C=O) groups is 1. The van der Waals surface area contributed by atoms with E-state index in [1.54, 1.807) is 18.3 Å². The lowest BCUT2D eigenvalue weighted by molar-refractivity contribution is -0.115. The van der Waals surface area contributed by atoms with Crippen molar-refractivity contribution in [3.63, 3.8) is 0 Å². The van der Waals surface area contributed by atoms with Gasteiger partial charge >= 0.3 is 0 Å². The maximum Gasteiger partial charge on any atom is 0.233 e. The van der Waals surface area contributed by atoms with Gasteiger partial charge in [0.25, 0.3) is 0 Å². The summed E-state index contributed by atoms with van der Waals surface area (Å²) in [4.78, 5) is 15.9. The van der Waals surface area contributed by atoms with E-state index in [-0.39, 0.29) is 12.3 Å². The fourth-order valence-electron chi connectivity index (χ4n) is 1.39. The molecule has 0 unspecified atom stereocenters. The first-order valence-electron chi connectivity index (χ1n) is 5.89. The van der Waals surface area contributed by atoms with Crippen LogP contribution in [-0.4, -0.2) is 38.1 Å². The number of nitrogens with zero attached hydrogens (tertiary/aromatic N) is 4. The monoisotopic (exact) mass is 262 g/mol. The van der Waals surface area contributed by atoms with E-state index in [4.69, 9.17) is 4.74 Å². The highest BCUT2D eigenvalue weighted by atomic mass is 16.5. The van der Waals surface area contributed by atoms with Crippen molar-refractivity contribution in [3.8, 4) is 5.75 Å². The zero-order chi connectivity index (χ0) is 13.5. The van der Waals surface area contributed by atoms with Crippen LogP contribution >= 0.6 is 0 Å². The Bertz CT molecular complexity index is 528. The lowest BCUT2D eigenvalue weighted by Gasteiger charge is -2.10. The van der Waals surface area contributed by atoms with Crippen LogP contribution in [0.4, 0.5) is 5.82 Å². The lowest BCUT2D eigenvalue weighted by Crippen LogP contribution is -2.17. The minimum Gasteiger partial charge on any atom is -0.490 e. The summed E-state index contributed by atoms with van der Waals surface area (Å²) in [6.45, 7) is 2.57. The second kappa shape index (κ2) is 6.43. The Labute approximate surface area is 109 Å². The normalized spacial score (nSPS) is 10.2. The highest BCUT2D eigenvalue weighted by Gasteiger charge is 2.11. The van der Waals surface area contributed by atoms with E-state index in [2.05, 4.69) is 30.9 Å². The van der Waals surface area contributed by atoms with Crippen molar-refractivity contribution in [2.24, 2.45) is 0 Å². The van der Waals surface area contributed by atoms with Gasteiger partial charge in [-0.15, -0.1) is 10.2 Å². The third-order valence-electron chi connectivity index (χ3n) is 2.20. The first-order valence-corrected chi connectivity index (χ1v) is 5.89. The van der Waals surface area contributed by atoms with Crippen LogP contribution in [0.5, 0.6) is 5.75 Å². The molecule has 19 heavy (non-hydrogen) atoms. The maximum absolute atomic E-state index is 11.8. The Morgan fingerprint density at radius 2 is 2.42 bits per heavy atom. The van der Waals surface area contributed by atoms with Crippen LogP contribution in [0.25, 0.3) is 0 Å². The molecule has 0 aliphatic rings. The van der Waals surface area contributed by atoms with Gasteiger partial charge in [0.2, 0.25) is 5.91 Å². The molecule has 100 valence electrons. The van der Waals surface area contributed by atoms with E-state index in [9.17, 15) is 4.79 Å². The van der Waals surface area contributed by atoms with Gasteiger partial charge in [-0.25, -0.2) is 4.98 Å². The summed E-state index contributed by atoms with van der Waals surface area (Å²) in [6, 6.07) is 3.51. The first kappa shape index (κ1) is 12.9. The van der Waals surface area contributed by atoms with E-state index < -0.39 is 0 Å². The number of ether oxygens (including phenoxy) is 1. The third-order valence-corrected chi connectivity index (χ3v) is 2.20. The lowest BCUT2D eigenvalue weighted by atomic mass is 10.3. The fraction of sp³-hybridized carbons (Fsp3) is 0.364. The highest BCUT2D eigenvalue weighted by molar-refractivity contribution is 5.92. The molecule has 2 aromatic heterocycles. The van der Waals surface area contributed by atoms with Crippen LogP contribution in [0, 0.1) is 0 Å². The van der Waals surface area contributed by atoms with Crippen LogP contribution in [0.3, 0.4) is 0 Å². The van der Waals surface area contributed by atoms with E-state index in [1.165, 1.54) is 0 Å². The summed E-state index contributed by atoms with van der Waals surface area (Å²) in [7, 11) is 0. The molecule has 0 saturated heterocycles. The summed E-state index contributed by atoms with van der Waals surface area (Å²) in [6.07, 6.45) is 2.49. The molecule has 2 N–H and O–H groups in total. The topological polar surface area (TPSA) is 106 Å². The zero-order valence-electron chi connectivity index (χ0n) is 10.5. The van der Waals surface area contributed by atoms with Crippen molar-refractivity contribution in [3.05, 3.63) is 24.2 Å². The van der Waals surface area contributed by atoms with Crippen LogP contribution in [0.1, 0.15) is 19.2 Å². The van der Waals surface area contributed by atoms with Crippen molar-refractivity contribution >= 4 is 11.7 Å². The molecular weight excluding hydrogens is 248 g/mol. The number of aromatic amines is 1. The third kappa shape index (κ3) is 3.73. The Morgan fingerprint density at radius 1 is 1.53 bits per heavy atom. The van der Waals surface area contributed by atoms with Crippen molar-refractivity contribution in [2.45, 2.75) is 19.8 Å². The van der Waals surface area contributed by atoms with E-state index >= 15 is 0 Å². The smallest absolute Gasteiger partial charge is 0.233 e. The summed E-state index contributed by atoms with van der Waals surface area (Å²) < 4.78 is 5.50. The molecule has 0 fully saturated rings. The molecule has 8 nitrogen and oxygen atoms in total. The largest absolute Gasteiger partial charge is 0.490 e. The van der Waals surface area contributed by atoms with Crippen LogP contribution in [0.2, 0.25) is 0 Å². The molecule has 1 amide bonds.